The molecule has 2 aromatic heterocycles. The van der Waals surface area contributed by atoms with Gasteiger partial charge in [0.05, 0.1) is 5.52 Å². The second kappa shape index (κ2) is 7.09. The maximum absolute atomic E-state index is 12.2. The van der Waals surface area contributed by atoms with Crippen LogP contribution in [0.2, 0.25) is 5.02 Å². The molecule has 2 heterocycles. The smallest absolute Gasteiger partial charge is 0.226 e. The van der Waals surface area contributed by atoms with Gasteiger partial charge in [-0.05, 0) is 17.7 Å². The summed E-state index contributed by atoms with van der Waals surface area (Å²) in [5.41, 5.74) is 2.53. The van der Waals surface area contributed by atoms with Crippen molar-refractivity contribution in [2.45, 2.75) is 6.54 Å². The quantitative estimate of drug-likeness (QED) is 0.309. The number of carbonyl (C=O) groups excluding carboxylic acids is 1. The van der Waals surface area contributed by atoms with Crippen molar-refractivity contribution in [3.05, 3.63) is 89.1 Å². The normalized spacial score (nSPS) is 11.8. The molecule has 0 aliphatic heterocycles. The summed E-state index contributed by atoms with van der Waals surface area (Å²) in [5, 5.41) is 18.1. The molecule has 2 aromatic carbocycles. The monoisotopic (exact) mass is 378 g/mol. The molecule has 0 spiro atoms. The average molecular weight is 379 g/mol. The Morgan fingerprint density at radius 2 is 2.04 bits per heavy atom. The highest BCUT2D eigenvalue weighted by atomic mass is 35.5. The number of carbonyl (C=O) groups is 1. The average Bonchev–Trinajstić information content (AvgIpc) is 3.31. The molecule has 27 heavy (non-hydrogen) atoms. The minimum atomic E-state index is -0.456. The zero-order valence-corrected chi connectivity index (χ0v) is 14.9. The lowest BCUT2D eigenvalue weighted by atomic mass is 10.1. The van der Waals surface area contributed by atoms with Crippen LogP contribution in [0.4, 0.5) is 0 Å². The lowest BCUT2D eigenvalue weighted by molar-refractivity contribution is 0.103. The van der Waals surface area contributed by atoms with Crippen molar-refractivity contribution in [2.24, 2.45) is 0 Å². The Morgan fingerprint density at radius 1 is 1.22 bits per heavy atom. The van der Waals surface area contributed by atoms with Crippen LogP contribution in [0.15, 0.2) is 67.1 Å². The highest BCUT2D eigenvalue weighted by Gasteiger charge is 2.15. The van der Waals surface area contributed by atoms with Crippen LogP contribution in [0.5, 0.6) is 0 Å². The molecule has 0 radical (unpaired) electrons. The summed E-state index contributed by atoms with van der Waals surface area (Å²) >= 11 is 6.17. The highest BCUT2D eigenvalue weighted by Crippen LogP contribution is 2.29. The maximum atomic E-state index is 12.2. The largest absolute Gasteiger partial charge is 0.507 e. The van der Waals surface area contributed by atoms with E-state index in [2.05, 4.69) is 15.2 Å². The van der Waals surface area contributed by atoms with Gasteiger partial charge in [-0.3, -0.25) is 9.89 Å². The van der Waals surface area contributed by atoms with E-state index in [0.717, 1.165) is 22.5 Å². The van der Waals surface area contributed by atoms with Gasteiger partial charge in [0.2, 0.25) is 5.78 Å². The van der Waals surface area contributed by atoms with Crippen LogP contribution in [-0.4, -0.2) is 30.6 Å². The third-order valence-corrected chi connectivity index (χ3v) is 4.47. The molecule has 0 saturated carbocycles. The summed E-state index contributed by atoms with van der Waals surface area (Å²) in [6, 6.07) is 15.4. The first kappa shape index (κ1) is 17.1. The van der Waals surface area contributed by atoms with Crippen LogP contribution < -0.4 is 0 Å². The summed E-state index contributed by atoms with van der Waals surface area (Å²) in [7, 11) is 0. The highest BCUT2D eigenvalue weighted by molar-refractivity contribution is 6.31. The maximum Gasteiger partial charge on any atom is 0.226 e. The Labute approximate surface area is 159 Å². The van der Waals surface area contributed by atoms with Gasteiger partial charge in [-0.25, -0.2) is 4.98 Å². The van der Waals surface area contributed by atoms with E-state index in [9.17, 15) is 9.90 Å². The number of hydrogen-bond donors (Lipinski definition) is 2. The number of halogens is 1. The number of hydrogen-bond acceptors (Lipinski definition) is 4. The van der Waals surface area contributed by atoms with Gasteiger partial charge < -0.3 is 9.67 Å². The molecule has 0 bridgehead atoms. The Kier molecular flexibility index (Phi) is 4.48. The molecule has 0 unspecified atom stereocenters. The van der Waals surface area contributed by atoms with Crippen LogP contribution in [0.1, 0.15) is 21.7 Å². The van der Waals surface area contributed by atoms with Crippen LogP contribution in [0.3, 0.4) is 0 Å². The number of rotatable bonds is 5. The van der Waals surface area contributed by atoms with Crippen molar-refractivity contribution in [1.29, 1.82) is 0 Å². The van der Waals surface area contributed by atoms with Crippen molar-refractivity contribution in [1.82, 2.24) is 19.7 Å². The molecule has 0 aliphatic carbocycles. The van der Waals surface area contributed by atoms with Gasteiger partial charge in [-0.2, -0.15) is 5.10 Å². The topological polar surface area (TPSA) is 83.8 Å². The van der Waals surface area contributed by atoms with Crippen molar-refractivity contribution in [2.75, 3.05) is 0 Å². The molecule has 4 aromatic rings. The second-order valence-corrected chi connectivity index (χ2v) is 6.48. The standard InChI is InChI=1S/C20H15ClN4O2/c21-14-6-7-15-16(18(26)9-19(27)20-22-12-23-24-20)11-25(17(15)8-14)10-13-4-2-1-3-5-13/h1-9,11-12,26H,10H2,(H,22,23,24)/b18-9+. The van der Waals surface area contributed by atoms with Gasteiger partial charge in [-0.1, -0.05) is 48.0 Å². The number of H-pyrrole nitrogens is 1. The lowest BCUT2D eigenvalue weighted by Crippen LogP contribution is -1.99. The van der Waals surface area contributed by atoms with E-state index in [1.807, 2.05) is 53.2 Å². The summed E-state index contributed by atoms with van der Waals surface area (Å²) in [6.07, 6.45) is 4.19. The van der Waals surface area contributed by atoms with Crippen LogP contribution in [-0.2, 0) is 6.54 Å². The number of aliphatic hydroxyl groups is 1. The summed E-state index contributed by atoms with van der Waals surface area (Å²) in [4.78, 5) is 16.0. The van der Waals surface area contributed by atoms with Gasteiger partial charge in [0.1, 0.15) is 12.1 Å². The Morgan fingerprint density at radius 3 is 2.78 bits per heavy atom. The minimum Gasteiger partial charge on any atom is -0.507 e. The zero-order chi connectivity index (χ0) is 18.8. The Bertz CT molecular complexity index is 1130. The number of fused-ring (bicyclic) bond motifs is 1. The molecule has 0 amide bonds. The van der Waals surface area contributed by atoms with Gasteiger partial charge >= 0.3 is 0 Å². The number of ketones is 1. The van der Waals surface area contributed by atoms with E-state index >= 15 is 0 Å². The number of nitrogens with zero attached hydrogens (tertiary/aromatic N) is 3. The van der Waals surface area contributed by atoms with Crippen molar-refractivity contribution < 1.29 is 9.90 Å². The predicted molar refractivity (Wildman–Crippen MR) is 104 cm³/mol. The van der Waals surface area contributed by atoms with E-state index in [-0.39, 0.29) is 11.6 Å². The molecule has 0 saturated heterocycles. The van der Waals surface area contributed by atoms with E-state index < -0.39 is 5.78 Å². The molecular formula is C20H15ClN4O2. The van der Waals surface area contributed by atoms with Crippen LogP contribution in [0, 0.1) is 0 Å². The van der Waals surface area contributed by atoms with Crippen LogP contribution in [0.25, 0.3) is 16.7 Å². The summed E-state index contributed by atoms with van der Waals surface area (Å²) in [6.45, 7) is 0.612. The van der Waals surface area contributed by atoms with E-state index in [1.165, 1.54) is 6.33 Å². The third-order valence-electron chi connectivity index (χ3n) is 4.23. The number of aliphatic hydroxyl groups excluding tert-OH is 1. The fourth-order valence-electron chi connectivity index (χ4n) is 2.97. The summed E-state index contributed by atoms with van der Waals surface area (Å²) in [5.74, 6) is -0.531. The van der Waals surface area contributed by atoms with E-state index in [1.54, 1.807) is 6.07 Å². The second-order valence-electron chi connectivity index (χ2n) is 6.05. The zero-order valence-electron chi connectivity index (χ0n) is 14.1. The molecule has 6 nitrogen and oxygen atoms in total. The number of aromatic nitrogens is 4. The van der Waals surface area contributed by atoms with Crippen molar-refractivity contribution >= 4 is 34.0 Å². The van der Waals surface area contributed by atoms with Gasteiger partial charge in [0.25, 0.3) is 0 Å². The molecule has 0 aliphatic rings. The van der Waals surface area contributed by atoms with Crippen LogP contribution >= 0.6 is 11.6 Å². The molecule has 0 fully saturated rings. The van der Waals surface area contributed by atoms with Gasteiger partial charge in [0, 0.05) is 34.8 Å². The van der Waals surface area contributed by atoms with Gasteiger partial charge in [0.15, 0.2) is 5.82 Å². The number of aromatic amines is 1. The summed E-state index contributed by atoms with van der Waals surface area (Å²) < 4.78 is 1.99. The first-order valence-corrected chi connectivity index (χ1v) is 8.62. The number of allylic oxidation sites excluding steroid dienone is 1. The fourth-order valence-corrected chi connectivity index (χ4v) is 3.14. The van der Waals surface area contributed by atoms with Gasteiger partial charge in [-0.15, -0.1) is 0 Å². The molecule has 0 atom stereocenters. The fraction of sp³-hybridized carbons (Fsp3) is 0.0500. The first-order chi connectivity index (χ1) is 13.1. The number of nitrogens with one attached hydrogen (secondary N) is 1. The first-order valence-electron chi connectivity index (χ1n) is 8.25. The van der Waals surface area contributed by atoms with E-state index in [4.69, 9.17) is 11.6 Å². The molecule has 134 valence electrons. The minimum absolute atomic E-state index is 0.0672. The Balaban J connectivity index is 1.78. The lowest BCUT2D eigenvalue weighted by Gasteiger charge is -2.05. The van der Waals surface area contributed by atoms with E-state index in [0.29, 0.717) is 17.1 Å². The molecule has 4 rings (SSSR count). The molecule has 7 heteroatoms. The SMILES string of the molecule is O=C(/C=C(/O)c1cn(Cc2ccccc2)c2cc(Cl)ccc12)c1ncn[nH]1. The third kappa shape index (κ3) is 3.47. The number of benzene rings is 2. The molecule has 2 N–H and O–H groups in total. The van der Waals surface area contributed by atoms with Crippen molar-refractivity contribution in [3.63, 3.8) is 0 Å². The predicted octanol–water partition coefficient (Wildman–Crippen LogP) is 4.24. The van der Waals surface area contributed by atoms with Crippen molar-refractivity contribution in [3.8, 4) is 0 Å². The molecular weight excluding hydrogens is 364 g/mol. The Hall–Kier alpha value is -3.38.